The normalized spacial score (nSPS) is 23.9. The Bertz CT molecular complexity index is 684. The molecule has 1 spiro atoms. The highest BCUT2D eigenvalue weighted by molar-refractivity contribution is 7.07. The number of para-hydroxylation sites is 1. The monoisotopic (exact) mass is 287 g/mol. The molecule has 6 heteroatoms. The van der Waals surface area contributed by atoms with E-state index in [0.29, 0.717) is 13.2 Å². The number of hydrogen-bond acceptors (Lipinski definition) is 6. The molecule has 1 atom stereocenters. The lowest BCUT2D eigenvalue weighted by Gasteiger charge is -2.31. The standard InChI is InChI=1S/C14H13N3O2S/c15-13-17-14(7-19-13)4-9-2-1-3-10(12(9)18-6-14)11-5-20-8-16-11/h1-3,5,8H,4,6-7H2,(H2,15,17). The summed E-state index contributed by atoms with van der Waals surface area (Å²) >= 11 is 1.58. The molecule has 0 aliphatic carbocycles. The first-order valence-corrected chi connectivity index (χ1v) is 7.31. The summed E-state index contributed by atoms with van der Waals surface area (Å²) in [6.07, 6.45) is 0.779. The summed E-state index contributed by atoms with van der Waals surface area (Å²) in [6.45, 7) is 0.973. The van der Waals surface area contributed by atoms with Gasteiger partial charge in [-0.3, -0.25) is 0 Å². The molecule has 2 aliphatic rings. The van der Waals surface area contributed by atoms with Gasteiger partial charge in [0, 0.05) is 17.4 Å². The van der Waals surface area contributed by atoms with Crippen LogP contribution in [0, 0.1) is 0 Å². The number of aromatic nitrogens is 1. The number of amidine groups is 1. The largest absolute Gasteiger partial charge is 0.490 e. The van der Waals surface area contributed by atoms with Gasteiger partial charge in [0.2, 0.25) is 0 Å². The third kappa shape index (κ3) is 1.76. The van der Waals surface area contributed by atoms with Crippen molar-refractivity contribution in [3.63, 3.8) is 0 Å². The molecule has 1 aromatic carbocycles. The third-order valence-corrected chi connectivity index (χ3v) is 4.23. The number of thiazole rings is 1. The Labute approximate surface area is 120 Å². The number of benzene rings is 1. The minimum absolute atomic E-state index is 0.257. The quantitative estimate of drug-likeness (QED) is 0.868. The number of ether oxygens (including phenoxy) is 2. The summed E-state index contributed by atoms with van der Waals surface area (Å²) in [5.41, 5.74) is 10.2. The highest BCUT2D eigenvalue weighted by Gasteiger charge is 2.41. The Balaban J connectivity index is 1.76. The molecule has 2 aliphatic heterocycles. The topological polar surface area (TPSA) is 69.7 Å². The average molecular weight is 287 g/mol. The first-order chi connectivity index (χ1) is 9.76. The lowest BCUT2D eigenvalue weighted by molar-refractivity contribution is 0.153. The number of nitrogens with zero attached hydrogens (tertiary/aromatic N) is 2. The minimum Gasteiger partial charge on any atom is -0.490 e. The molecule has 0 radical (unpaired) electrons. The second kappa shape index (κ2) is 4.21. The zero-order valence-corrected chi connectivity index (χ0v) is 11.5. The van der Waals surface area contributed by atoms with Gasteiger partial charge in [-0.05, 0) is 11.6 Å². The predicted octanol–water partition coefficient (Wildman–Crippen LogP) is 1.83. The smallest absolute Gasteiger partial charge is 0.282 e. The van der Waals surface area contributed by atoms with E-state index in [0.717, 1.165) is 29.0 Å². The van der Waals surface area contributed by atoms with E-state index in [1.165, 1.54) is 0 Å². The Morgan fingerprint density at radius 1 is 1.25 bits per heavy atom. The van der Waals surface area contributed by atoms with E-state index in [2.05, 4.69) is 16.0 Å². The van der Waals surface area contributed by atoms with Crippen LogP contribution in [0.3, 0.4) is 0 Å². The molecule has 0 fully saturated rings. The van der Waals surface area contributed by atoms with Gasteiger partial charge in [-0.25, -0.2) is 9.98 Å². The van der Waals surface area contributed by atoms with Crippen LogP contribution in [0.15, 0.2) is 34.1 Å². The van der Waals surface area contributed by atoms with E-state index in [9.17, 15) is 0 Å². The van der Waals surface area contributed by atoms with Crippen LogP contribution >= 0.6 is 11.3 Å². The van der Waals surface area contributed by atoms with Gasteiger partial charge < -0.3 is 15.2 Å². The number of nitrogens with two attached hydrogens (primary N) is 1. The second-order valence-electron chi connectivity index (χ2n) is 5.10. The molecule has 1 aromatic heterocycles. The summed E-state index contributed by atoms with van der Waals surface area (Å²) in [6, 6.07) is 6.39. The van der Waals surface area contributed by atoms with E-state index in [1.54, 1.807) is 11.3 Å². The van der Waals surface area contributed by atoms with Gasteiger partial charge in [-0.15, -0.1) is 11.3 Å². The summed E-state index contributed by atoms with van der Waals surface area (Å²) in [5.74, 6) is 0.907. The maximum atomic E-state index is 5.99. The van der Waals surface area contributed by atoms with Gasteiger partial charge in [0.1, 0.15) is 24.5 Å². The average Bonchev–Trinajstić information content (AvgIpc) is 3.09. The van der Waals surface area contributed by atoms with Crippen LogP contribution in [0.5, 0.6) is 5.75 Å². The predicted molar refractivity (Wildman–Crippen MR) is 77.1 cm³/mol. The maximum absolute atomic E-state index is 5.99. The van der Waals surface area contributed by atoms with Crippen LogP contribution in [-0.4, -0.2) is 29.8 Å². The van der Waals surface area contributed by atoms with Gasteiger partial charge in [0.15, 0.2) is 0 Å². The molecule has 4 rings (SSSR count). The van der Waals surface area contributed by atoms with Crippen LogP contribution in [0.4, 0.5) is 0 Å². The van der Waals surface area contributed by atoms with Crippen molar-refractivity contribution in [2.24, 2.45) is 10.7 Å². The number of fused-ring (bicyclic) bond motifs is 1. The summed E-state index contributed by atoms with van der Waals surface area (Å²) < 4.78 is 11.3. The van der Waals surface area contributed by atoms with E-state index in [1.807, 2.05) is 23.0 Å². The van der Waals surface area contributed by atoms with Crippen LogP contribution in [0.1, 0.15) is 5.56 Å². The Kier molecular flexibility index (Phi) is 2.47. The Morgan fingerprint density at radius 2 is 2.15 bits per heavy atom. The molecule has 3 heterocycles. The molecule has 2 N–H and O–H groups in total. The maximum Gasteiger partial charge on any atom is 0.282 e. The highest BCUT2D eigenvalue weighted by Crippen LogP contribution is 2.40. The molecule has 0 saturated carbocycles. The van der Waals surface area contributed by atoms with Crippen molar-refractivity contribution >= 4 is 17.4 Å². The summed E-state index contributed by atoms with van der Waals surface area (Å²) in [5, 5.41) is 2.03. The lowest BCUT2D eigenvalue weighted by atomic mass is 9.89. The molecule has 0 bridgehead atoms. The second-order valence-corrected chi connectivity index (χ2v) is 5.81. The van der Waals surface area contributed by atoms with E-state index < -0.39 is 0 Å². The summed E-state index contributed by atoms with van der Waals surface area (Å²) in [7, 11) is 0. The molecule has 0 saturated heterocycles. The fourth-order valence-corrected chi connectivity index (χ4v) is 3.28. The van der Waals surface area contributed by atoms with Crippen LogP contribution in [-0.2, 0) is 11.2 Å². The fourth-order valence-electron chi connectivity index (χ4n) is 2.72. The number of aliphatic imine (C=N–C) groups is 1. The first kappa shape index (κ1) is 11.7. The molecule has 1 unspecified atom stereocenters. The van der Waals surface area contributed by atoms with Crippen molar-refractivity contribution in [1.82, 2.24) is 4.98 Å². The molecule has 20 heavy (non-hydrogen) atoms. The van der Waals surface area contributed by atoms with Crippen molar-refractivity contribution in [3.8, 4) is 17.0 Å². The highest BCUT2D eigenvalue weighted by atomic mass is 32.1. The van der Waals surface area contributed by atoms with Crippen molar-refractivity contribution in [1.29, 1.82) is 0 Å². The SMILES string of the molecule is NC1=NC2(CO1)COc1c(cccc1-c1cscn1)C2. The first-order valence-electron chi connectivity index (χ1n) is 6.37. The van der Waals surface area contributed by atoms with E-state index in [4.69, 9.17) is 15.2 Å². The molecule has 2 aromatic rings. The zero-order valence-electron chi connectivity index (χ0n) is 10.7. The van der Waals surface area contributed by atoms with Gasteiger partial charge >= 0.3 is 0 Å². The van der Waals surface area contributed by atoms with Crippen molar-refractivity contribution < 1.29 is 9.47 Å². The minimum atomic E-state index is -0.363. The van der Waals surface area contributed by atoms with E-state index in [-0.39, 0.29) is 11.6 Å². The Hall–Kier alpha value is -2.08. The zero-order chi connectivity index (χ0) is 13.6. The van der Waals surface area contributed by atoms with Gasteiger partial charge in [-0.1, -0.05) is 12.1 Å². The van der Waals surface area contributed by atoms with Crippen molar-refractivity contribution in [2.75, 3.05) is 13.2 Å². The van der Waals surface area contributed by atoms with Crippen LogP contribution < -0.4 is 10.5 Å². The van der Waals surface area contributed by atoms with Gasteiger partial charge in [0.25, 0.3) is 6.02 Å². The van der Waals surface area contributed by atoms with Crippen LogP contribution in [0.25, 0.3) is 11.3 Å². The summed E-state index contributed by atoms with van der Waals surface area (Å²) in [4.78, 5) is 8.77. The fraction of sp³-hybridized carbons (Fsp3) is 0.286. The lowest BCUT2D eigenvalue weighted by Crippen LogP contribution is -2.41. The third-order valence-electron chi connectivity index (χ3n) is 3.65. The van der Waals surface area contributed by atoms with Gasteiger partial charge in [-0.2, -0.15) is 0 Å². The van der Waals surface area contributed by atoms with Crippen molar-refractivity contribution in [2.45, 2.75) is 12.0 Å². The molecule has 5 nitrogen and oxygen atoms in total. The number of hydrogen-bond donors (Lipinski definition) is 1. The molecule has 0 amide bonds. The molecular weight excluding hydrogens is 274 g/mol. The number of rotatable bonds is 1. The van der Waals surface area contributed by atoms with Crippen LogP contribution in [0.2, 0.25) is 0 Å². The van der Waals surface area contributed by atoms with Gasteiger partial charge in [0.05, 0.1) is 11.2 Å². The van der Waals surface area contributed by atoms with E-state index >= 15 is 0 Å². The molecule has 102 valence electrons. The Morgan fingerprint density at radius 3 is 2.90 bits per heavy atom. The van der Waals surface area contributed by atoms with Crippen molar-refractivity contribution in [3.05, 3.63) is 34.7 Å². The molecular formula is C14H13N3O2S.